The molecule has 0 amide bonds. The molecule has 0 aliphatic rings. The summed E-state index contributed by atoms with van der Waals surface area (Å²) in [4.78, 5) is 4.14. The number of hydrogen-bond donors (Lipinski definition) is 0. The van der Waals surface area contributed by atoms with Crippen molar-refractivity contribution in [1.29, 1.82) is 0 Å². The van der Waals surface area contributed by atoms with E-state index in [1.807, 2.05) is 6.92 Å². The van der Waals surface area contributed by atoms with Gasteiger partial charge in [-0.15, -0.1) is 24.0 Å². The normalized spacial score (nSPS) is 9.14. The lowest BCUT2D eigenvalue weighted by molar-refractivity contribution is 0.350. The van der Waals surface area contributed by atoms with E-state index in [1.54, 1.807) is 20.4 Å². The number of aromatic nitrogens is 1. The predicted octanol–water partition coefficient (Wildman–Crippen LogP) is 2.57. The van der Waals surface area contributed by atoms with Crippen molar-refractivity contribution >= 4 is 24.0 Å². The molecule has 0 saturated heterocycles. The number of rotatable bonds is 3. The molecule has 0 saturated carbocycles. The van der Waals surface area contributed by atoms with Crippen molar-refractivity contribution < 1.29 is 9.47 Å². The Balaban J connectivity index is 0.00000169. The van der Waals surface area contributed by atoms with E-state index in [1.165, 1.54) is 0 Å². The van der Waals surface area contributed by atoms with Crippen LogP contribution in [0.1, 0.15) is 11.3 Å². The summed E-state index contributed by atoms with van der Waals surface area (Å²) >= 11 is 5.70. The Morgan fingerprint density at radius 2 is 2.00 bits per heavy atom. The maximum Gasteiger partial charge on any atom is 0.179 e. The number of ether oxygens (including phenoxy) is 2. The zero-order chi connectivity index (χ0) is 9.84. The molecule has 0 spiro atoms. The molecule has 80 valence electrons. The van der Waals surface area contributed by atoms with Crippen molar-refractivity contribution in [3.8, 4) is 11.5 Å². The highest BCUT2D eigenvalue weighted by atomic mass is 35.5. The number of halogens is 2. The maximum atomic E-state index is 5.70. The van der Waals surface area contributed by atoms with E-state index in [0.29, 0.717) is 17.4 Å². The largest absolute Gasteiger partial charge is 0.492 e. The second-order valence-corrected chi connectivity index (χ2v) is 2.83. The topological polar surface area (TPSA) is 31.4 Å². The fourth-order valence-corrected chi connectivity index (χ4v) is 1.41. The molecule has 0 bridgehead atoms. The first-order valence-corrected chi connectivity index (χ1v) is 4.40. The molecule has 0 radical (unpaired) electrons. The van der Waals surface area contributed by atoms with Gasteiger partial charge in [-0.2, -0.15) is 0 Å². The maximum absolute atomic E-state index is 5.70. The van der Waals surface area contributed by atoms with E-state index in [4.69, 9.17) is 21.1 Å². The van der Waals surface area contributed by atoms with Crippen molar-refractivity contribution in [3.05, 3.63) is 17.5 Å². The summed E-state index contributed by atoms with van der Waals surface area (Å²) in [6.45, 7) is 1.91. The van der Waals surface area contributed by atoms with Gasteiger partial charge in [0.05, 0.1) is 32.0 Å². The summed E-state index contributed by atoms with van der Waals surface area (Å²) in [5.41, 5.74) is 1.75. The van der Waals surface area contributed by atoms with Crippen molar-refractivity contribution in [2.24, 2.45) is 0 Å². The lowest BCUT2D eigenvalue weighted by Crippen LogP contribution is -1.98. The Morgan fingerprint density at radius 1 is 1.36 bits per heavy atom. The highest BCUT2D eigenvalue weighted by Gasteiger charge is 2.11. The molecule has 0 N–H and O–H groups in total. The molecule has 3 nitrogen and oxygen atoms in total. The van der Waals surface area contributed by atoms with Gasteiger partial charge < -0.3 is 9.47 Å². The predicted molar refractivity (Wildman–Crippen MR) is 58.9 cm³/mol. The van der Waals surface area contributed by atoms with Gasteiger partial charge in [-0.05, 0) is 6.92 Å². The van der Waals surface area contributed by atoms with Crippen LogP contribution in [0.25, 0.3) is 0 Å². The fourth-order valence-electron chi connectivity index (χ4n) is 1.14. The highest BCUT2D eigenvalue weighted by Crippen LogP contribution is 2.31. The Hall–Kier alpha value is -0.670. The minimum absolute atomic E-state index is 0. The standard InChI is InChI=1S/C9H12ClNO2.ClH/c1-6-7(4-10)11-5-8(12-2)9(6)13-3;/h5H,4H2,1-3H3;1H. The molecule has 1 rings (SSSR count). The minimum Gasteiger partial charge on any atom is -0.492 e. The van der Waals surface area contributed by atoms with Gasteiger partial charge in [0, 0.05) is 5.56 Å². The van der Waals surface area contributed by atoms with Gasteiger partial charge in [0.1, 0.15) is 0 Å². The second kappa shape index (κ2) is 5.94. The van der Waals surface area contributed by atoms with E-state index < -0.39 is 0 Å². The van der Waals surface area contributed by atoms with Crippen LogP contribution in [0, 0.1) is 6.92 Å². The summed E-state index contributed by atoms with van der Waals surface area (Å²) in [7, 11) is 3.18. The van der Waals surface area contributed by atoms with Gasteiger partial charge in [-0.3, -0.25) is 4.98 Å². The van der Waals surface area contributed by atoms with E-state index >= 15 is 0 Å². The van der Waals surface area contributed by atoms with Crippen LogP contribution in [-0.4, -0.2) is 19.2 Å². The molecular weight excluding hydrogens is 225 g/mol. The number of nitrogens with zero attached hydrogens (tertiary/aromatic N) is 1. The van der Waals surface area contributed by atoms with Crippen LogP contribution >= 0.6 is 24.0 Å². The Bertz CT molecular complexity index is 305. The van der Waals surface area contributed by atoms with E-state index in [9.17, 15) is 0 Å². The lowest BCUT2D eigenvalue weighted by atomic mass is 10.2. The van der Waals surface area contributed by atoms with Crippen LogP contribution < -0.4 is 9.47 Å². The SMILES string of the molecule is COc1cnc(CCl)c(C)c1OC.Cl. The van der Waals surface area contributed by atoms with Crippen LogP contribution in [-0.2, 0) is 5.88 Å². The number of hydrogen-bond acceptors (Lipinski definition) is 3. The zero-order valence-corrected chi connectivity index (χ0v) is 9.91. The summed E-state index contributed by atoms with van der Waals surface area (Å²) in [6, 6.07) is 0. The Morgan fingerprint density at radius 3 is 2.43 bits per heavy atom. The van der Waals surface area contributed by atoms with E-state index in [0.717, 1.165) is 11.3 Å². The molecule has 0 aromatic carbocycles. The summed E-state index contributed by atoms with van der Waals surface area (Å²) in [6.07, 6.45) is 1.61. The third-order valence-corrected chi connectivity index (χ3v) is 2.14. The average Bonchev–Trinajstić information content (AvgIpc) is 2.17. The lowest BCUT2D eigenvalue weighted by Gasteiger charge is -2.11. The molecule has 1 aromatic rings. The first-order valence-electron chi connectivity index (χ1n) is 3.87. The van der Waals surface area contributed by atoms with Gasteiger partial charge >= 0.3 is 0 Å². The van der Waals surface area contributed by atoms with E-state index in [-0.39, 0.29) is 12.4 Å². The van der Waals surface area contributed by atoms with Crippen molar-refractivity contribution in [2.45, 2.75) is 12.8 Å². The molecule has 0 aliphatic heterocycles. The summed E-state index contributed by atoms with van der Waals surface area (Å²) in [5.74, 6) is 1.72. The number of alkyl halides is 1. The summed E-state index contributed by atoms with van der Waals surface area (Å²) < 4.78 is 10.3. The second-order valence-electron chi connectivity index (χ2n) is 2.57. The highest BCUT2D eigenvalue weighted by molar-refractivity contribution is 6.17. The van der Waals surface area contributed by atoms with Gasteiger partial charge in [0.2, 0.25) is 0 Å². The smallest absolute Gasteiger partial charge is 0.179 e. The van der Waals surface area contributed by atoms with Crippen LogP contribution in [0.4, 0.5) is 0 Å². The first-order chi connectivity index (χ1) is 6.24. The van der Waals surface area contributed by atoms with Crippen LogP contribution in [0.2, 0.25) is 0 Å². The quantitative estimate of drug-likeness (QED) is 0.758. The number of methoxy groups -OCH3 is 2. The third kappa shape index (κ3) is 2.42. The van der Waals surface area contributed by atoms with Gasteiger partial charge in [-0.25, -0.2) is 0 Å². The molecule has 14 heavy (non-hydrogen) atoms. The monoisotopic (exact) mass is 237 g/mol. The van der Waals surface area contributed by atoms with E-state index in [2.05, 4.69) is 4.98 Å². The van der Waals surface area contributed by atoms with Gasteiger partial charge in [0.15, 0.2) is 11.5 Å². The van der Waals surface area contributed by atoms with Crippen LogP contribution in [0.3, 0.4) is 0 Å². The van der Waals surface area contributed by atoms with Crippen molar-refractivity contribution in [3.63, 3.8) is 0 Å². The zero-order valence-electron chi connectivity index (χ0n) is 8.33. The fraction of sp³-hybridized carbons (Fsp3) is 0.444. The third-order valence-electron chi connectivity index (χ3n) is 1.89. The van der Waals surface area contributed by atoms with Gasteiger partial charge in [-0.1, -0.05) is 0 Å². The molecular formula is C9H13Cl2NO2. The molecule has 1 heterocycles. The van der Waals surface area contributed by atoms with Crippen molar-refractivity contribution in [2.75, 3.05) is 14.2 Å². The molecule has 5 heteroatoms. The Labute approximate surface area is 94.8 Å². The Kier molecular flexibility index (Phi) is 5.65. The van der Waals surface area contributed by atoms with Gasteiger partial charge in [0.25, 0.3) is 0 Å². The van der Waals surface area contributed by atoms with Crippen molar-refractivity contribution in [1.82, 2.24) is 4.98 Å². The molecule has 1 aromatic heterocycles. The number of pyridine rings is 1. The van der Waals surface area contributed by atoms with Crippen LogP contribution in [0.15, 0.2) is 6.20 Å². The molecule has 0 unspecified atom stereocenters. The molecule has 0 fully saturated rings. The minimum atomic E-state index is 0. The summed E-state index contributed by atoms with van der Waals surface area (Å²) in [5, 5.41) is 0. The molecule has 0 atom stereocenters. The molecule has 0 aliphatic carbocycles. The van der Waals surface area contributed by atoms with Crippen LogP contribution in [0.5, 0.6) is 11.5 Å². The average molecular weight is 238 g/mol. The first kappa shape index (κ1) is 13.3.